The second kappa shape index (κ2) is 7.03. The van der Waals surface area contributed by atoms with Gasteiger partial charge in [0.25, 0.3) is 5.56 Å². The van der Waals surface area contributed by atoms with Gasteiger partial charge in [-0.05, 0) is 32.4 Å². The fourth-order valence-electron chi connectivity index (χ4n) is 2.50. The van der Waals surface area contributed by atoms with E-state index in [1.165, 1.54) is 11.8 Å². The first-order valence-electron chi connectivity index (χ1n) is 7.68. The highest BCUT2D eigenvalue weighted by Gasteiger charge is 2.21. The molecule has 1 amide bonds. The van der Waals surface area contributed by atoms with Crippen LogP contribution in [0.5, 0.6) is 0 Å². The summed E-state index contributed by atoms with van der Waals surface area (Å²) in [4.78, 5) is 31.7. The minimum absolute atomic E-state index is 0.0884. The van der Waals surface area contributed by atoms with Gasteiger partial charge in [0.15, 0.2) is 5.16 Å². The third kappa shape index (κ3) is 3.67. The van der Waals surface area contributed by atoms with Crippen LogP contribution in [0.2, 0.25) is 0 Å². The molecule has 1 aromatic heterocycles. The van der Waals surface area contributed by atoms with Crippen molar-refractivity contribution in [2.45, 2.75) is 42.7 Å². The Morgan fingerprint density at radius 1 is 1.38 bits per heavy atom. The van der Waals surface area contributed by atoms with E-state index in [1.54, 1.807) is 11.8 Å². The molecule has 2 N–H and O–H groups in total. The number of anilines is 1. The number of amides is 1. The van der Waals surface area contributed by atoms with Gasteiger partial charge >= 0.3 is 0 Å². The molecule has 5 nitrogen and oxygen atoms in total. The van der Waals surface area contributed by atoms with E-state index >= 15 is 0 Å². The quantitative estimate of drug-likeness (QED) is 0.646. The minimum Gasteiger partial charge on any atom is -0.325 e. The van der Waals surface area contributed by atoms with Crippen molar-refractivity contribution >= 4 is 35.1 Å². The number of nitrogens with one attached hydrogen (secondary N) is 2. The summed E-state index contributed by atoms with van der Waals surface area (Å²) in [5.41, 5.74) is 4.51. The van der Waals surface area contributed by atoms with Crippen LogP contribution in [0.3, 0.4) is 0 Å². The Balaban J connectivity index is 1.70. The Kier molecular flexibility index (Phi) is 5.01. The van der Waals surface area contributed by atoms with Crippen LogP contribution in [0.15, 0.2) is 28.2 Å². The number of hydrogen-bond donors (Lipinski definition) is 2. The molecule has 0 aliphatic carbocycles. The maximum atomic E-state index is 12.4. The van der Waals surface area contributed by atoms with Crippen LogP contribution in [-0.2, 0) is 16.3 Å². The van der Waals surface area contributed by atoms with Crippen molar-refractivity contribution in [1.29, 1.82) is 0 Å². The summed E-state index contributed by atoms with van der Waals surface area (Å²) >= 11 is 2.96. The third-order valence-corrected chi connectivity index (χ3v) is 5.82. The van der Waals surface area contributed by atoms with Crippen LogP contribution in [0.25, 0.3) is 0 Å². The van der Waals surface area contributed by atoms with Gasteiger partial charge in [-0.25, -0.2) is 4.98 Å². The molecule has 0 spiro atoms. The van der Waals surface area contributed by atoms with E-state index in [2.05, 4.69) is 15.3 Å². The number of carbonyl (C=O) groups excluding carboxylic acids is 1. The SMILES string of the molecule is Cc1ccc(NC(=O)C(C)Sc2nc3c(c(=O)[nH]2)CSC3)c(C)c1. The largest absolute Gasteiger partial charge is 0.325 e. The molecule has 0 fully saturated rings. The fourth-order valence-corrected chi connectivity index (χ4v) is 4.36. The monoisotopic (exact) mass is 361 g/mol. The molecule has 1 atom stereocenters. The number of fused-ring (bicyclic) bond motifs is 1. The highest BCUT2D eigenvalue weighted by Crippen LogP contribution is 2.28. The van der Waals surface area contributed by atoms with Gasteiger partial charge in [0, 0.05) is 22.8 Å². The fraction of sp³-hybridized carbons (Fsp3) is 0.353. The van der Waals surface area contributed by atoms with E-state index in [0.29, 0.717) is 10.9 Å². The van der Waals surface area contributed by atoms with Gasteiger partial charge in [0.1, 0.15) is 0 Å². The van der Waals surface area contributed by atoms with Gasteiger partial charge in [-0.1, -0.05) is 29.5 Å². The van der Waals surface area contributed by atoms with Gasteiger partial charge in [0.2, 0.25) is 5.91 Å². The Morgan fingerprint density at radius 3 is 2.92 bits per heavy atom. The summed E-state index contributed by atoms with van der Waals surface area (Å²) in [6, 6.07) is 5.91. The molecular weight excluding hydrogens is 342 g/mol. The predicted molar refractivity (Wildman–Crippen MR) is 99.7 cm³/mol. The highest BCUT2D eigenvalue weighted by molar-refractivity contribution is 8.00. The molecule has 0 saturated carbocycles. The number of aryl methyl sites for hydroxylation is 2. The summed E-state index contributed by atoms with van der Waals surface area (Å²) in [7, 11) is 0. The number of thioether (sulfide) groups is 2. The third-order valence-electron chi connectivity index (χ3n) is 3.86. The van der Waals surface area contributed by atoms with Crippen LogP contribution in [-0.4, -0.2) is 21.1 Å². The lowest BCUT2D eigenvalue weighted by molar-refractivity contribution is -0.115. The predicted octanol–water partition coefficient (Wildman–Crippen LogP) is 3.25. The number of benzene rings is 1. The Hall–Kier alpha value is -1.73. The van der Waals surface area contributed by atoms with E-state index in [1.807, 2.05) is 39.0 Å². The molecule has 2 aromatic rings. The number of aromatic nitrogens is 2. The number of hydrogen-bond acceptors (Lipinski definition) is 5. The van der Waals surface area contributed by atoms with Gasteiger partial charge in [-0.2, -0.15) is 11.8 Å². The van der Waals surface area contributed by atoms with Crippen LogP contribution < -0.4 is 10.9 Å². The van der Waals surface area contributed by atoms with E-state index < -0.39 is 0 Å². The summed E-state index contributed by atoms with van der Waals surface area (Å²) in [6.45, 7) is 5.80. The second-order valence-electron chi connectivity index (χ2n) is 5.86. The second-order valence-corrected chi connectivity index (χ2v) is 8.17. The van der Waals surface area contributed by atoms with Crippen LogP contribution in [0.4, 0.5) is 5.69 Å². The summed E-state index contributed by atoms with van der Waals surface area (Å²) < 4.78 is 0. The summed E-state index contributed by atoms with van der Waals surface area (Å²) in [6.07, 6.45) is 0. The lowest BCUT2D eigenvalue weighted by Crippen LogP contribution is -2.24. The zero-order chi connectivity index (χ0) is 17.3. The lowest BCUT2D eigenvalue weighted by Gasteiger charge is -2.13. The first-order valence-corrected chi connectivity index (χ1v) is 9.72. The molecular formula is C17H19N3O2S2. The number of aromatic amines is 1. The lowest BCUT2D eigenvalue weighted by atomic mass is 10.1. The Bertz CT molecular complexity index is 848. The van der Waals surface area contributed by atoms with Crippen LogP contribution in [0, 0.1) is 13.8 Å². The average molecular weight is 361 g/mol. The van der Waals surface area contributed by atoms with Crippen molar-refractivity contribution < 1.29 is 4.79 Å². The molecule has 1 aromatic carbocycles. The molecule has 1 aliphatic rings. The topological polar surface area (TPSA) is 74.8 Å². The molecule has 24 heavy (non-hydrogen) atoms. The zero-order valence-electron chi connectivity index (χ0n) is 13.8. The smallest absolute Gasteiger partial charge is 0.255 e. The van der Waals surface area contributed by atoms with Gasteiger partial charge in [-0.3, -0.25) is 9.59 Å². The molecule has 0 bridgehead atoms. The number of carbonyl (C=O) groups is 1. The molecule has 0 radical (unpaired) electrons. The maximum Gasteiger partial charge on any atom is 0.255 e. The Labute approximate surface area is 149 Å². The molecule has 1 unspecified atom stereocenters. The Morgan fingerprint density at radius 2 is 2.17 bits per heavy atom. The van der Waals surface area contributed by atoms with Crippen molar-refractivity contribution in [2.24, 2.45) is 0 Å². The number of H-pyrrole nitrogens is 1. The molecule has 2 heterocycles. The van der Waals surface area contributed by atoms with Crippen molar-refractivity contribution in [2.75, 3.05) is 5.32 Å². The van der Waals surface area contributed by atoms with Crippen LogP contribution in [0.1, 0.15) is 29.3 Å². The van der Waals surface area contributed by atoms with E-state index in [9.17, 15) is 9.59 Å². The summed E-state index contributed by atoms with van der Waals surface area (Å²) in [5.74, 6) is 1.37. The van der Waals surface area contributed by atoms with E-state index in [-0.39, 0.29) is 16.7 Å². The highest BCUT2D eigenvalue weighted by atomic mass is 32.2. The van der Waals surface area contributed by atoms with Crippen LogP contribution >= 0.6 is 23.5 Å². The number of rotatable bonds is 4. The van der Waals surface area contributed by atoms with Gasteiger partial charge in [0.05, 0.1) is 10.9 Å². The van der Waals surface area contributed by atoms with E-state index in [0.717, 1.165) is 33.8 Å². The van der Waals surface area contributed by atoms with Crippen molar-refractivity contribution in [3.05, 3.63) is 50.9 Å². The van der Waals surface area contributed by atoms with Crippen molar-refractivity contribution in [3.63, 3.8) is 0 Å². The van der Waals surface area contributed by atoms with Gasteiger partial charge in [-0.15, -0.1) is 0 Å². The molecule has 0 saturated heterocycles. The first kappa shape index (κ1) is 17.1. The zero-order valence-corrected chi connectivity index (χ0v) is 15.4. The molecule has 1 aliphatic heterocycles. The molecule has 126 valence electrons. The van der Waals surface area contributed by atoms with E-state index in [4.69, 9.17) is 0 Å². The normalized spacial score (nSPS) is 14.3. The maximum absolute atomic E-state index is 12.4. The standard InChI is InChI=1S/C17H19N3O2S2/c1-9-4-5-13(10(2)6-9)18-15(21)11(3)24-17-19-14-8-23-7-12(14)16(22)20-17/h4-6,11H,7-8H2,1-3H3,(H,18,21)(H,19,20,22). The molecule has 3 rings (SSSR count). The van der Waals surface area contributed by atoms with Crippen molar-refractivity contribution in [3.8, 4) is 0 Å². The minimum atomic E-state index is -0.360. The molecule has 7 heteroatoms. The average Bonchev–Trinajstić information content (AvgIpc) is 2.99. The van der Waals surface area contributed by atoms with Gasteiger partial charge < -0.3 is 10.3 Å². The number of nitrogens with zero attached hydrogens (tertiary/aromatic N) is 1. The van der Waals surface area contributed by atoms with Crippen molar-refractivity contribution in [1.82, 2.24) is 9.97 Å². The summed E-state index contributed by atoms with van der Waals surface area (Å²) in [5, 5.41) is 3.08. The first-order chi connectivity index (χ1) is 11.4.